The first-order valence-corrected chi connectivity index (χ1v) is 9.05. The molecule has 0 spiro atoms. The Morgan fingerprint density at radius 1 is 1.08 bits per heavy atom. The number of rotatable bonds is 5. The van der Waals surface area contributed by atoms with E-state index in [-0.39, 0.29) is 0 Å². The lowest BCUT2D eigenvalue weighted by Crippen LogP contribution is -2.01. The number of hydrogen-bond donors (Lipinski definition) is 0. The molecule has 0 amide bonds. The molecule has 0 aliphatic heterocycles. The summed E-state index contributed by atoms with van der Waals surface area (Å²) in [5.41, 5.74) is 5.04. The van der Waals surface area contributed by atoms with Gasteiger partial charge in [-0.2, -0.15) is 0 Å². The molecule has 0 radical (unpaired) electrons. The van der Waals surface area contributed by atoms with E-state index in [1.165, 1.54) is 27.7 Å². The number of benzene rings is 2. The van der Waals surface area contributed by atoms with E-state index in [9.17, 15) is 0 Å². The quantitative estimate of drug-likeness (QED) is 0.469. The first-order chi connectivity index (χ1) is 12.6. The van der Waals surface area contributed by atoms with E-state index in [2.05, 4.69) is 74.4 Å². The van der Waals surface area contributed by atoms with Crippen LogP contribution in [0, 0.1) is 6.92 Å². The van der Waals surface area contributed by atoms with Crippen molar-refractivity contribution in [3.05, 3.63) is 90.2 Å². The van der Waals surface area contributed by atoms with Gasteiger partial charge in [-0.05, 0) is 51.5 Å². The van der Waals surface area contributed by atoms with Crippen LogP contribution in [0.25, 0.3) is 10.9 Å². The van der Waals surface area contributed by atoms with Gasteiger partial charge in [0.05, 0.1) is 5.52 Å². The van der Waals surface area contributed by atoms with Crippen LogP contribution >= 0.6 is 0 Å². The molecule has 0 saturated heterocycles. The van der Waals surface area contributed by atoms with Gasteiger partial charge in [-0.3, -0.25) is 0 Å². The summed E-state index contributed by atoms with van der Waals surface area (Å²) in [5.74, 6) is 0.950. The van der Waals surface area contributed by atoms with Crippen molar-refractivity contribution in [3.63, 3.8) is 0 Å². The van der Waals surface area contributed by atoms with Crippen molar-refractivity contribution in [1.82, 2.24) is 4.57 Å². The fourth-order valence-corrected chi connectivity index (χ4v) is 2.80. The Kier molecular flexibility index (Phi) is 7.28. The van der Waals surface area contributed by atoms with E-state index in [4.69, 9.17) is 4.74 Å². The van der Waals surface area contributed by atoms with Crippen molar-refractivity contribution in [2.75, 3.05) is 0 Å². The summed E-state index contributed by atoms with van der Waals surface area (Å²) in [4.78, 5) is 0. The molecule has 2 aromatic carbocycles. The molecule has 136 valence electrons. The van der Waals surface area contributed by atoms with Gasteiger partial charge in [0, 0.05) is 17.6 Å². The Hall–Kier alpha value is -2.74. The van der Waals surface area contributed by atoms with Crippen LogP contribution in [0.5, 0.6) is 5.75 Å². The van der Waals surface area contributed by atoms with Gasteiger partial charge in [-0.1, -0.05) is 54.1 Å². The van der Waals surface area contributed by atoms with E-state index in [1.54, 1.807) is 6.08 Å². The summed E-state index contributed by atoms with van der Waals surface area (Å²) < 4.78 is 8.42. The molecule has 3 rings (SSSR count). The Bertz CT molecular complexity index is 872. The number of nitrogens with zero attached hydrogens (tertiary/aromatic N) is 1. The maximum Gasteiger partial charge on any atom is 0.129 e. The lowest BCUT2D eigenvalue weighted by molar-refractivity contribution is 0.310. The molecule has 0 atom stereocenters. The molecule has 3 aromatic rings. The predicted octanol–water partition coefficient (Wildman–Crippen LogP) is 6.69. The third-order valence-electron chi connectivity index (χ3n) is 4.25. The average Bonchev–Trinajstić information content (AvgIpc) is 2.97. The molecule has 0 aliphatic carbocycles. The number of hydrogen-bond acceptors (Lipinski definition) is 1. The van der Waals surface area contributed by atoms with Crippen LogP contribution < -0.4 is 4.74 Å². The summed E-state index contributed by atoms with van der Waals surface area (Å²) in [6.07, 6.45) is 3.92. The largest absolute Gasteiger partial charge is 0.488 e. The number of aryl methyl sites for hydroxylation is 1. The SMILES string of the molecule is C/C=C(\C)Cn1c(C)cc2c(OCc3ccccc3)cccc21.C=CC. The predicted molar refractivity (Wildman–Crippen MR) is 113 cm³/mol. The van der Waals surface area contributed by atoms with Crippen LogP contribution in [0.1, 0.15) is 32.0 Å². The van der Waals surface area contributed by atoms with Gasteiger partial charge in [-0.15, -0.1) is 6.58 Å². The number of allylic oxidation sites excluding steroid dienone is 3. The molecule has 1 aromatic heterocycles. The first kappa shape index (κ1) is 19.6. The normalized spacial score (nSPS) is 11.0. The zero-order chi connectivity index (χ0) is 18.9. The summed E-state index contributed by atoms with van der Waals surface area (Å²) >= 11 is 0. The van der Waals surface area contributed by atoms with E-state index >= 15 is 0 Å². The minimum absolute atomic E-state index is 0.595. The molecular weight excluding hydrogens is 318 g/mol. The van der Waals surface area contributed by atoms with Crippen molar-refractivity contribution >= 4 is 10.9 Å². The second kappa shape index (κ2) is 9.67. The third-order valence-corrected chi connectivity index (χ3v) is 4.25. The van der Waals surface area contributed by atoms with Gasteiger partial charge in [0.2, 0.25) is 0 Å². The number of ether oxygens (including phenoxy) is 1. The fourth-order valence-electron chi connectivity index (χ4n) is 2.80. The molecule has 0 N–H and O–H groups in total. The molecule has 1 heterocycles. The van der Waals surface area contributed by atoms with Crippen LogP contribution in [-0.2, 0) is 13.2 Å². The fraction of sp³-hybridized carbons (Fsp3) is 0.250. The maximum atomic E-state index is 6.08. The highest BCUT2D eigenvalue weighted by atomic mass is 16.5. The first-order valence-electron chi connectivity index (χ1n) is 9.05. The Morgan fingerprint density at radius 2 is 1.77 bits per heavy atom. The molecule has 26 heavy (non-hydrogen) atoms. The summed E-state index contributed by atoms with van der Waals surface area (Å²) in [6.45, 7) is 13.2. The van der Waals surface area contributed by atoms with E-state index in [0.29, 0.717) is 6.61 Å². The topological polar surface area (TPSA) is 14.2 Å². The highest BCUT2D eigenvalue weighted by Gasteiger charge is 2.10. The smallest absolute Gasteiger partial charge is 0.129 e. The average molecular weight is 348 g/mol. The third kappa shape index (κ3) is 4.89. The second-order valence-corrected chi connectivity index (χ2v) is 6.38. The monoisotopic (exact) mass is 347 g/mol. The Balaban J connectivity index is 0.000000758. The van der Waals surface area contributed by atoms with Gasteiger partial charge in [0.1, 0.15) is 12.4 Å². The van der Waals surface area contributed by atoms with Crippen molar-refractivity contribution in [2.24, 2.45) is 0 Å². The number of fused-ring (bicyclic) bond motifs is 1. The molecule has 0 saturated carbocycles. The van der Waals surface area contributed by atoms with Crippen molar-refractivity contribution in [3.8, 4) is 5.75 Å². The minimum atomic E-state index is 0.595. The zero-order valence-electron chi connectivity index (χ0n) is 16.3. The minimum Gasteiger partial charge on any atom is -0.488 e. The van der Waals surface area contributed by atoms with Gasteiger partial charge in [0.25, 0.3) is 0 Å². The van der Waals surface area contributed by atoms with Gasteiger partial charge < -0.3 is 9.30 Å². The van der Waals surface area contributed by atoms with Crippen LogP contribution in [0.15, 0.2) is 78.9 Å². The van der Waals surface area contributed by atoms with Gasteiger partial charge in [-0.25, -0.2) is 0 Å². The second-order valence-electron chi connectivity index (χ2n) is 6.38. The lowest BCUT2D eigenvalue weighted by Gasteiger charge is -2.10. The van der Waals surface area contributed by atoms with E-state index in [0.717, 1.165) is 12.3 Å². The van der Waals surface area contributed by atoms with Crippen molar-refractivity contribution < 1.29 is 4.74 Å². The molecule has 0 aliphatic rings. The summed E-state index contributed by atoms with van der Waals surface area (Å²) in [5, 5.41) is 1.19. The Morgan fingerprint density at radius 3 is 2.42 bits per heavy atom. The zero-order valence-corrected chi connectivity index (χ0v) is 16.3. The molecule has 0 fully saturated rings. The van der Waals surface area contributed by atoms with Crippen LogP contribution in [0.3, 0.4) is 0 Å². The van der Waals surface area contributed by atoms with Crippen LogP contribution in [0.2, 0.25) is 0 Å². The molecule has 2 heteroatoms. The highest BCUT2D eigenvalue weighted by molar-refractivity contribution is 5.87. The molecule has 0 bridgehead atoms. The van der Waals surface area contributed by atoms with Crippen LogP contribution in [0.4, 0.5) is 0 Å². The van der Waals surface area contributed by atoms with Crippen molar-refractivity contribution in [2.45, 2.75) is 40.8 Å². The standard InChI is InChI=1S/C21H23NO.C3H6/c1-4-16(2)14-22-17(3)13-19-20(22)11-8-12-21(19)23-15-18-9-6-5-7-10-18;1-3-2/h4-13H,14-15H2,1-3H3;3H,1H2,2H3/b16-4+;. The molecule has 0 unspecified atom stereocenters. The van der Waals surface area contributed by atoms with Gasteiger partial charge >= 0.3 is 0 Å². The lowest BCUT2D eigenvalue weighted by atomic mass is 10.2. The van der Waals surface area contributed by atoms with E-state index < -0.39 is 0 Å². The van der Waals surface area contributed by atoms with Gasteiger partial charge in [0.15, 0.2) is 0 Å². The summed E-state index contributed by atoms with van der Waals surface area (Å²) in [6, 6.07) is 18.8. The maximum absolute atomic E-state index is 6.08. The van der Waals surface area contributed by atoms with E-state index in [1.807, 2.05) is 25.1 Å². The Labute approximate surface area is 157 Å². The molecule has 2 nitrogen and oxygen atoms in total. The highest BCUT2D eigenvalue weighted by Crippen LogP contribution is 2.30. The van der Waals surface area contributed by atoms with Crippen LogP contribution in [-0.4, -0.2) is 4.57 Å². The summed E-state index contributed by atoms with van der Waals surface area (Å²) in [7, 11) is 0. The van der Waals surface area contributed by atoms with Crippen molar-refractivity contribution in [1.29, 1.82) is 0 Å². The number of aromatic nitrogens is 1. The molecular formula is C24H29NO.